The summed E-state index contributed by atoms with van der Waals surface area (Å²) in [5.74, 6) is -0.921. The minimum absolute atomic E-state index is 0.0481. The lowest BCUT2D eigenvalue weighted by Crippen LogP contribution is -2.28. The highest BCUT2D eigenvalue weighted by Crippen LogP contribution is 2.23. The molecule has 2 aromatic rings. The minimum atomic E-state index is -0.622. The summed E-state index contributed by atoms with van der Waals surface area (Å²) in [6, 6.07) is 11.9. The van der Waals surface area contributed by atoms with Crippen molar-refractivity contribution in [1.29, 1.82) is 0 Å². The molecule has 28 heavy (non-hydrogen) atoms. The normalized spacial score (nSPS) is 18.2. The van der Waals surface area contributed by atoms with Crippen LogP contribution in [0.25, 0.3) is 0 Å². The lowest BCUT2D eigenvalue weighted by atomic mass is 10.1. The summed E-state index contributed by atoms with van der Waals surface area (Å²) in [6.45, 7) is 1.76. The van der Waals surface area contributed by atoms with Crippen molar-refractivity contribution in [3.8, 4) is 5.75 Å². The maximum atomic E-state index is 12.9. The van der Waals surface area contributed by atoms with Gasteiger partial charge in [-0.2, -0.15) is 5.10 Å². The van der Waals surface area contributed by atoms with E-state index in [1.807, 2.05) is 0 Å². The van der Waals surface area contributed by atoms with E-state index in [0.717, 1.165) is 17.3 Å². The first-order valence-corrected chi connectivity index (χ1v) is 9.23. The Bertz CT molecular complexity index is 943. The summed E-state index contributed by atoms with van der Waals surface area (Å²) in [6.07, 6.45) is -0.0481. The average Bonchev–Trinajstić information content (AvgIpc) is 3.01. The summed E-state index contributed by atoms with van der Waals surface area (Å²) >= 11 is 1.12. The molecule has 0 spiro atoms. The van der Waals surface area contributed by atoms with Gasteiger partial charge >= 0.3 is 0 Å². The van der Waals surface area contributed by atoms with E-state index in [1.54, 1.807) is 31.2 Å². The van der Waals surface area contributed by atoms with Gasteiger partial charge in [0.2, 0.25) is 11.8 Å². The third kappa shape index (κ3) is 5.17. The predicted molar refractivity (Wildman–Crippen MR) is 107 cm³/mol. The number of thioether (sulfide) groups is 1. The highest BCUT2D eigenvalue weighted by atomic mass is 32.2. The molecule has 0 bridgehead atoms. The van der Waals surface area contributed by atoms with Gasteiger partial charge < -0.3 is 15.7 Å². The van der Waals surface area contributed by atoms with E-state index in [1.165, 1.54) is 24.3 Å². The van der Waals surface area contributed by atoms with Gasteiger partial charge in [0.15, 0.2) is 5.17 Å². The number of hydrogen-bond donors (Lipinski definition) is 3. The molecule has 0 saturated carbocycles. The zero-order valence-corrected chi connectivity index (χ0v) is 15.7. The number of hydrogen-bond acceptors (Lipinski definition) is 6. The molecular weight excluding hydrogens is 383 g/mol. The number of amidine groups is 1. The van der Waals surface area contributed by atoms with Crippen LogP contribution in [0.3, 0.4) is 0 Å². The van der Waals surface area contributed by atoms with Crippen LogP contribution in [-0.2, 0) is 9.59 Å². The molecule has 0 aliphatic carbocycles. The Labute approximate surface area is 164 Å². The summed E-state index contributed by atoms with van der Waals surface area (Å²) < 4.78 is 12.9. The topological polar surface area (TPSA) is 103 Å². The van der Waals surface area contributed by atoms with Crippen molar-refractivity contribution in [2.24, 2.45) is 10.2 Å². The van der Waals surface area contributed by atoms with Crippen molar-refractivity contribution >= 4 is 40.1 Å². The number of phenols is 1. The molecule has 1 atom stereocenters. The molecule has 9 heteroatoms. The fourth-order valence-electron chi connectivity index (χ4n) is 2.38. The number of amides is 2. The largest absolute Gasteiger partial charge is 0.508 e. The number of carbonyl (C=O) groups excluding carboxylic acids is 2. The van der Waals surface area contributed by atoms with Crippen LogP contribution in [0.5, 0.6) is 5.75 Å². The van der Waals surface area contributed by atoms with Crippen molar-refractivity contribution in [1.82, 2.24) is 5.32 Å². The van der Waals surface area contributed by atoms with E-state index >= 15 is 0 Å². The Morgan fingerprint density at radius 3 is 2.57 bits per heavy atom. The van der Waals surface area contributed by atoms with Crippen LogP contribution in [0.15, 0.2) is 58.7 Å². The van der Waals surface area contributed by atoms with E-state index in [-0.39, 0.29) is 24.0 Å². The van der Waals surface area contributed by atoms with Crippen molar-refractivity contribution in [3.63, 3.8) is 0 Å². The number of nitrogens with one attached hydrogen (secondary N) is 2. The Morgan fingerprint density at radius 1 is 1.21 bits per heavy atom. The molecule has 1 saturated heterocycles. The molecule has 2 aromatic carbocycles. The van der Waals surface area contributed by atoms with E-state index < -0.39 is 11.1 Å². The van der Waals surface area contributed by atoms with Crippen LogP contribution < -0.4 is 10.6 Å². The van der Waals surface area contributed by atoms with Gasteiger partial charge in [0, 0.05) is 12.1 Å². The average molecular weight is 400 g/mol. The van der Waals surface area contributed by atoms with E-state index in [0.29, 0.717) is 16.6 Å². The van der Waals surface area contributed by atoms with E-state index in [2.05, 4.69) is 20.8 Å². The number of anilines is 1. The van der Waals surface area contributed by atoms with Crippen LogP contribution in [-0.4, -0.2) is 33.1 Å². The fraction of sp³-hybridized carbons (Fsp3) is 0.158. The first-order valence-electron chi connectivity index (χ1n) is 8.35. The Morgan fingerprint density at radius 2 is 1.89 bits per heavy atom. The fourth-order valence-corrected chi connectivity index (χ4v) is 3.30. The molecule has 1 heterocycles. The summed E-state index contributed by atoms with van der Waals surface area (Å²) in [4.78, 5) is 24.1. The molecule has 1 fully saturated rings. The highest BCUT2D eigenvalue weighted by Gasteiger charge is 2.32. The molecule has 2 amide bonds. The second kappa shape index (κ2) is 8.66. The van der Waals surface area contributed by atoms with Gasteiger partial charge in [0.25, 0.3) is 0 Å². The Balaban J connectivity index is 1.58. The summed E-state index contributed by atoms with van der Waals surface area (Å²) in [7, 11) is 0. The van der Waals surface area contributed by atoms with Crippen LogP contribution in [0.1, 0.15) is 18.9 Å². The molecule has 1 aliphatic heterocycles. The van der Waals surface area contributed by atoms with E-state index in [4.69, 9.17) is 0 Å². The minimum Gasteiger partial charge on any atom is -0.508 e. The van der Waals surface area contributed by atoms with Gasteiger partial charge in [-0.25, -0.2) is 4.39 Å². The third-order valence-electron chi connectivity index (χ3n) is 3.85. The molecule has 7 nitrogen and oxygen atoms in total. The van der Waals surface area contributed by atoms with Crippen LogP contribution in [0, 0.1) is 5.82 Å². The van der Waals surface area contributed by atoms with Crippen LogP contribution in [0.2, 0.25) is 0 Å². The second-order valence-electron chi connectivity index (χ2n) is 5.99. The SMILES string of the molecule is C/C(=N/N=C1/NC(=O)[C@@H](CC(=O)Nc2ccc(F)cc2)S1)c1ccc(O)cc1. The maximum absolute atomic E-state index is 12.9. The third-order valence-corrected chi connectivity index (χ3v) is 4.92. The standard InChI is InChI=1S/C19H17FN4O3S/c1-11(12-2-8-15(25)9-3-12)23-24-19-22-18(27)16(28-19)10-17(26)21-14-6-4-13(20)5-7-14/h2-9,16,25H,10H2,1H3,(H,21,26)(H,22,24,27)/b23-11-/t16-/m1/s1. The van der Waals surface area contributed by atoms with Crippen molar-refractivity contribution < 1.29 is 19.1 Å². The zero-order chi connectivity index (χ0) is 20.1. The first kappa shape index (κ1) is 19.6. The number of nitrogens with zero attached hydrogens (tertiary/aromatic N) is 2. The number of carbonyl (C=O) groups is 2. The van der Waals surface area contributed by atoms with Gasteiger partial charge in [-0.05, 0) is 61.0 Å². The molecule has 3 N–H and O–H groups in total. The van der Waals surface area contributed by atoms with Crippen LogP contribution >= 0.6 is 11.8 Å². The first-order chi connectivity index (χ1) is 13.4. The number of benzene rings is 2. The number of phenolic OH excluding ortho intramolecular Hbond substituents is 1. The zero-order valence-electron chi connectivity index (χ0n) is 14.8. The molecule has 0 aromatic heterocycles. The number of rotatable bonds is 5. The molecule has 3 rings (SSSR count). The van der Waals surface area contributed by atoms with Gasteiger partial charge in [-0.15, -0.1) is 5.10 Å². The van der Waals surface area contributed by atoms with Crippen molar-refractivity contribution in [2.75, 3.05) is 5.32 Å². The van der Waals surface area contributed by atoms with Gasteiger partial charge in [-0.1, -0.05) is 11.8 Å². The van der Waals surface area contributed by atoms with Gasteiger partial charge in [-0.3, -0.25) is 9.59 Å². The molecule has 1 aliphatic rings. The lowest BCUT2D eigenvalue weighted by molar-refractivity contribution is -0.122. The van der Waals surface area contributed by atoms with Crippen molar-refractivity contribution in [2.45, 2.75) is 18.6 Å². The lowest BCUT2D eigenvalue weighted by Gasteiger charge is -2.07. The van der Waals surface area contributed by atoms with Crippen molar-refractivity contribution in [3.05, 3.63) is 59.9 Å². The second-order valence-corrected chi connectivity index (χ2v) is 7.18. The highest BCUT2D eigenvalue weighted by molar-refractivity contribution is 8.15. The monoisotopic (exact) mass is 400 g/mol. The van der Waals surface area contributed by atoms with Gasteiger partial charge in [0.1, 0.15) is 16.8 Å². The molecule has 0 unspecified atom stereocenters. The number of aromatic hydroxyl groups is 1. The van der Waals surface area contributed by atoms with Gasteiger partial charge in [0.05, 0.1) is 5.71 Å². The molecule has 0 radical (unpaired) electrons. The molecule has 144 valence electrons. The Hall–Kier alpha value is -3.20. The summed E-state index contributed by atoms with van der Waals surface area (Å²) in [5.41, 5.74) is 1.85. The Kier molecular flexibility index (Phi) is 6.05. The molecular formula is C19H17FN4O3S. The van der Waals surface area contributed by atoms with E-state index in [9.17, 15) is 19.1 Å². The quantitative estimate of drug-likeness (QED) is 0.530. The maximum Gasteiger partial charge on any atom is 0.240 e. The van der Waals surface area contributed by atoms with Crippen LogP contribution in [0.4, 0.5) is 10.1 Å². The predicted octanol–water partition coefficient (Wildman–Crippen LogP) is 2.87. The number of halogens is 1. The smallest absolute Gasteiger partial charge is 0.240 e. The summed E-state index contributed by atoms with van der Waals surface area (Å²) in [5, 5.41) is 22.3.